The molecule has 1 aliphatic heterocycles. The Morgan fingerprint density at radius 2 is 1.53 bits per heavy atom. The number of piperazine rings is 1. The van der Waals surface area contributed by atoms with Crippen LogP contribution in [0.2, 0.25) is 0 Å². The highest BCUT2D eigenvalue weighted by atomic mass is 16.4. The summed E-state index contributed by atoms with van der Waals surface area (Å²) in [5.41, 5.74) is 1.24. The van der Waals surface area contributed by atoms with Crippen LogP contribution in [-0.4, -0.2) is 70.5 Å². The lowest BCUT2D eigenvalue weighted by Crippen LogP contribution is -2.46. The van der Waals surface area contributed by atoms with Gasteiger partial charge in [0.15, 0.2) is 0 Å². The minimum atomic E-state index is -1.82. The van der Waals surface area contributed by atoms with Gasteiger partial charge in [-0.15, -0.1) is 0 Å². The SMILES string of the molecule is CCN1CCN(c2nc(C#CC(=O)c3ccccc3)cc3ccccc23)CC1.O=C(O)C(=O)O. The maximum atomic E-state index is 12.3. The van der Waals surface area contributed by atoms with Crippen LogP contribution in [0.15, 0.2) is 60.7 Å². The fraction of sp³-hybridized carbons (Fsp3) is 0.231. The van der Waals surface area contributed by atoms with Gasteiger partial charge in [-0.05, 0) is 29.8 Å². The summed E-state index contributed by atoms with van der Waals surface area (Å²) in [6, 6.07) is 19.4. The standard InChI is InChI=1S/C24H23N3O.C2H2O4/c1-2-26-14-16-27(17-15-26)24-22-11-7-6-10-20(22)18-21(25-24)12-13-23(28)19-8-4-3-5-9-19;3-1(4)2(5)6/h3-11,18H,2,14-17H2,1H3;(H,3,4)(H,5,6). The first-order valence-corrected chi connectivity index (χ1v) is 10.8. The van der Waals surface area contributed by atoms with Gasteiger partial charge < -0.3 is 20.0 Å². The first-order valence-electron chi connectivity index (χ1n) is 10.8. The van der Waals surface area contributed by atoms with E-state index in [1.54, 1.807) is 12.1 Å². The Bertz CT molecular complexity index is 1230. The third-order valence-electron chi connectivity index (χ3n) is 5.36. The van der Waals surface area contributed by atoms with E-state index in [2.05, 4.69) is 40.7 Å². The summed E-state index contributed by atoms with van der Waals surface area (Å²) < 4.78 is 0. The molecule has 0 aliphatic carbocycles. The molecule has 0 radical (unpaired) electrons. The molecule has 34 heavy (non-hydrogen) atoms. The number of rotatable bonds is 3. The van der Waals surface area contributed by atoms with Gasteiger partial charge in [-0.3, -0.25) is 4.79 Å². The quantitative estimate of drug-likeness (QED) is 0.349. The predicted octanol–water partition coefficient (Wildman–Crippen LogP) is 2.77. The molecular formula is C26H25N3O5. The lowest BCUT2D eigenvalue weighted by atomic mass is 10.1. The molecule has 8 nitrogen and oxygen atoms in total. The average molecular weight is 460 g/mol. The minimum absolute atomic E-state index is 0.186. The van der Waals surface area contributed by atoms with Crippen LogP contribution >= 0.6 is 0 Å². The average Bonchev–Trinajstić information content (AvgIpc) is 2.87. The van der Waals surface area contributed by atoms with E-state index in [9.17, 15) is 4.79 Å². The number of Topliss-reactive ketones (excluding diaryl/α,β-unsaturated/α-hetero) is 1. The number of anilines is 1. The Morgan fingerprint density at radius 3 is 2.15 bits per heavy atom. The third kappa shape index (κ3) is 6.40. The van der Waals surface area contributed by atoms with Gasteiger partial charge in [0.1, 0.15) is 11.5 Å². The number of ketones is 1. The fourth-order valence-corrected chi connectivity index (χ4v) is 3.54. The molecule has 2 N–H and O–H groups in total. The molecule has 3 aromatic rings. The van der Waals surface area contributed by atoms with E-state index in [0.717, 1.165) is 49.3 Å². The Kier molecular flexibility index (Phi) is 8.32. The lowest BCUT2D eigenvalue weighted by Gasteiger charge is -2.35. The zero-order valence-electron chi connectivity index (χ0n) is 18.8. The van der Waals surface area contributed by atoms with Crippen molar-refractivity contribution in [3.05, 3.63) is 71.9 Å². The third-order valence-corrected chi connectivity index (χ3v) is 5.36. The number of hydrogen-bond acceptors (Lipinski definition) is 6. The molecule has 4 rings (SSSR count). The number of hydrogen-bond donors (Lipinski definition) is 2. The van der Waals surface area contributed by atoms with E-state index in [1.165, 1.54) is 0 Å². The zero-order valence-corrected chi connectivity index (χ0v) is 18.8. The first-order chi connectivity index (χ1) is 16.4. The molecule has 0 amide bonds. The Balaban J connectivity index is 0.000000481. The van der Waals surface area contributed by atoms with Crippen LogP contribution in [0.25, 0.3) is 10.8 Å². The summed E-state index contributed by atoms with van der Waals surface area (Å²) in [6.07, 6.45) is 0. The Morgan fingerprint density at radius 1 is 0.912 bits per heavy atom. The number of aliphatic carboxylic acids is 2. The molecule has 0 saturated carbocycles. The van der Waals surface area contributed by atoms with Crippen molar-refractivity contribution in [3.63, 3.8) is 0 Å². The summed E-state index contributed by atoms with van der Waals surface area (Å²) in [5, 5.41) is 17.0. The van der Waals surface area contributed by atoms with Crippen LogP contribution in [0.4, 0.5) is 5.82 Å². The second kappa shape index (κ2) is 11.6. The highest BCUT2D eigenvalue weighted by Crippen LogP contribution is 2.26. The van der Waals surface area contributed by atoms with Gasteiger partial charge in [-0.2, -0.15) is 0 Å². The summed E-state index contributed by atoms with van der Waals surface area (Å²) in [6.45, 7) is 7.25. The lowest BCUT2D eigenvalue weighted by molar-refractivity contribution is -0.159. The molecule has 1 aliphatic rings. The van der Waals surface area contributed by atoms with Crippen LogP contribution in [0, 0.1) is 11.8 Å². The van der Waals surface area contributed by atoms with E-state index in [0.29, 0.717) is 11.3 Å². The topological polar surface area (TPSA) is 111 Å². The highest BCUT2D eigenvalue weighted by Gasteiger charge is 2.19. The Hall–Kier alpha value is -4.22. The van der Waals surface area contributed by atoms with Gasteiger partial charge in [0.05, 0.1) is 0 Å². The van der Waals surface area contributed by atoms with E-state index < -0.39 is 11.9 Å². The van der Waals surface area contributed by atoms with Crippen molar-refractivity contribution in [1.29, 1.82) is 0 Å². The van der Waals surface area contributed by atoms with Crippen molar-refractivity contribution in [3.8, 4) is 11.8 Å². The van der Waals surface area contributed by atoms with Crippen LogP contribution in [0.3, 0.4) is 0 Å². The molecule has 0 unspecified atom stereocenters. The smallest absolute Gasteiger partial charge is 0.414 e. The summed E-state index contributed by atoms with van der Waals surface area (Å²) in [7, 11) is 0. The molecule has 0 spiro atoms. The number of likely N-dealkylation sites (N-methyl/N-ethyl adjacent to an activating group) is 1. The number of fused-ring (bicyclic) bond motifs is 1. The Labute approximate surface area is 197 Å². The number of nitrogens with zero attached hydrogens (tertiary/aromatic N) is 3. The van der Waals surface area contributed by atoms with Gasteiger partial charge in [-0.25, -0.2) is 14.6 Å². The maximum Gasteiger partial charge on any atom is 0.414 e. The van der Waals surface area contributed by atoms with Crippen LogP contribution in [0.1, 0.15) is 23.0 Å². The number of aromatic nitrogens is 1. The van der Waals surface area contributed by atoms with Gasteiger partial charge in [0, 0.05) is 37.1 Å². The molecule has 1 aromatic heterocycles. The summed E-state index contributed by atoms with van der Waals surface area (Å²) in [4.78, 5) is 40.1. The fourth-order valence-electron chi connectivity index (χ4n) is 3.54. The van der Waals surface area contributed by atoms with Gasteiger partial charge in [0.25, 0.3) is 0 Å². The van der Waals surface area contributed by atoms with Crippen LogP contribution in [-0.2, 0) is 9.59 Å². The number of carboxylic acid groups (broad SMARTS) is 2. The first kappa shape index (κ1) is 24.4. The van der Waals surface area contributed by atoms with Gasteiger partial charge >= 0.3 is 11.9 Å². The molecule has 1 fully saturated rings. The molecule has 1 saturated heterocycles. The van der Waals surface area contributed by atoms with E-state index in [4.69, 9.17) is 24.8 Å². The summed E-state index contributed by atoms with van der Waals surface area (Å²) in [5.74, 6) is 2.86. The van der Waals surface area contributed by atoms with Crippen LogP contribution < -0.4 is 4.90 Å². The molecule has 0 atom stereocenters. The number of carbonyl (C=O) groups excluding carboxylic acids is 1. The number of pyridine rings is 1. The normalized spacial score (nSPS) is 13.3. The largest absolute Gasteiger partial charge is 0.473 e. The highest BCUT2D eigenvalue weighted by molar-refractivity contribution is 6.27. The minimum Gasteiger partial charge on any atom is -0.473 e. The second-order valence-electron chi connectivity index (χ2n) is 7.53. The number of carboxylic acids is 2. The van der Waals surface area contributed by atoms with Crippen molar-refractivity contribution >= 4 is 34.3 Å². The molecular weight excluding hydrogens is 434 g/mol. The molecule has 0 bridgehead atoms. The summed E-state index contributed by atoms with van der Waals surface area (Å²) >= 11 is 0. The molecule has 2 heterocycles. The van der Waals surface area contributed by atoms with Crippen LogP contribution in [0.5, 0.6) is 0 Å². The zero-order chi connectivity index (χ0) is 24.5. The second-order valence-corrected chi connectivity index (χ2v) is 7.53. The van der Waals surface area contributed by atoms with E-state index in [-0.39, 0.29) is 5.78 Å². The van der Waals surface area contributed by atoms with Crippen molar-refractivity contribution in [1.82, 2.24) is 9.88 Å². The monoisotopic (exact) mass is 459 g/mol. The predicted molar refractivity (Wildman–Crippen MR) is 129 cm³/mol. The molecule has 2 aromatic carbocycles. The molecule has 174 valence electrons. The number of carbonyl (C=O) groups is 3. The van der Waals surface area contributed by atoms with E-state index >= 15 is 0 Å². The molecule has 8 heteroatoms. The number of benzene rings is 2. The van der Waals surface area contributed by atoms with Gasteiger partial charge in [0.2, 0.25) is 5.78 Å². The van der Waals surface area contributed by atoms with Crippen molar-refractivity contribution in [2.24, 2.45) is 0 Å². The van der Waals surface area contributed by atoms with E-state index in [1.807, 2.05) is 36.4 Å². The van der Waals surface area contributed by atoms with Crippen molar-refractivity contribution in [2.75, 3.05) is 37.6 Å². The maximum absolute atomic E-state index is 12.3. The van der Waals surface area contributed by atoms with Gasteiger partial charge in [-0.1, -0.05) is 61.5 Å². The van der Waals surface area contributed by atoms with Crippen molar-refractivity contribution < 1.29 is 24.6 Å². The van der Waals surface area contributed by atoms with Crippen molar-refractivity contribution in [2.45, 2.75) is 6.92 Å².